The van der Waals surface area contributed by atoms with Crippen LogP contribution in [0.15, 0.2) is 23.1 Å². The third-order valence-electron chi connectivity index (χ3n) is 2.89. The summed E-state index contributed by atoms with van der Waals surface area (Å²) in [5, 5.41) is 6.54. The fourth-order valence-electron chi connectivity index (χ4n) is 1.77. The molecule has 0 fully saturated rings. The summed E-state index contributed by atoms with van der Waals surface area (Å²) in [6.07, 6.45) is 0. The predicted molar refractivity (Wildman–Crippen MR) is 73.2 cm³/mol. The molecule has 0 atom stereocenters. The molecule has 0 amide bonds. The van der Waals surface area contributed by atoms with E-state index in [4.69, 9.17) is 5.73 Å². The molecule has 0 aliphatic rings. The van der Waals surface area contributed by atoms with Crippen molar-refractivity contribution in [1.82, 2.24) is 10.2 Å². The van der Waals surface area contributed by atoms with Crippen molar-refractivity contribution in [2.45, 2.75) is 25.3 Å². The number of nitrogens with one attached hydrogen (secondary N) is 2. The van der Waals surface area contributed by atoms with Crippen LogP contribution >= 0.6 is 0 Å². The second-order valence-electron chi connectivity index (χ2n) is 4.38. The highest BCUT2D eigenvalue weighted by Gasteiger charge is 2.22. The largest absolute Gasteiger partial charge is 0.326 e. The minimum Gasteiger partial charge on any atom is -0.326 e. The second-order valence-corrected chi connectivity index (χ2v) is 6.03. The molecule has 0 aliphatic carbocycles. The number of sulfonamides is 1. The molecule has 2 rings (SSSR count). The van der Waals surface area contributed by atoms with Crippen molar-refractivity contribution in [3.63, 3.8) is 0 Å². The van der Waals surface area contributed by atoms with Gasteiger partial charge >= 0.3 is 0 Å². The Kier molecular flexibility index (Phi) is 3.78. The summed E-state index contributed by atoms with van der Waals surface area (Å²) >= 11 is 0. The summed E-state index contributed by atoms with van der Waals surface area (Å²) in [4.78, 5) is -0.430. The molecule has 0 saturated heterocycles. The Morgan fingerprint density at radius 2 is 2.10 bits per heavy atom. The van der Waals surface area contributed by atoms with Crippen LogP contribution in [0.3, 0.4) is 0 Å². The fraction of sp³-hybridized carbons (Fsp3) is 0.250. The van der Waals surface area contributed by atoms with Crippen LogP contribution in [0.2, 0.25) is 0 Å². The van der Waals surface area contributed by atoms with E-state index in [1.165, 1.54) is 12.1 Å². The molecule has 108 valence electrons. The maximum atomic E-state index is 13.7. The second kappa shape index (κ2) is 5.22. The van der Waals surface area contributed by atoms with E-state index in [0.29, 0.717) is 22.6 Å². The van der Waals surface area contributed by atoms with E-state index in [2.05, 4.69) is 14.9 Å². The number of benzene rings is 1. The number of nitrogens with zero attached hydrogens (tertiary/aromatic N) is 1. The quantitative estimate of drug-likeness (QED) is 0.794. The Labute approximate surface area is 116 Å². The van der Waals surface area contributed by atoms with Crippen molar-refractivity contribution in [2.75, 3.05) is 4.72 Å². The van der Waals surface area contributed by atoms with Crippen molar-refractivity contribution in [3.8, 4) is 0 Å². The molecule has 20 heavy (non-hydrogen) atoms. The van der Waals surface area contributed by atoms with Crippen LogP contribution in [0.1, 0.15) is 17.0 Å². The molecule has 1 aromatic heterocycles. The first-order chi connectivity index (χ1) is 9.35. The standard InChI is InChI=1S/C12H15FN4O2S/c1-7-12(8(2)16-15-7)17-20(18,19)11-5-9(6-14)3-4-10(11)13/h3-5,17H,6,14H2,1-2H3,(H,15,16). The van der Waals surface area contributed by atoms with Gasteiger partial charge in [0, 0.05) is 6.54 Å². The number of rotatable bonds is 4. The van der Waals surface area contributed by atoms with E-state index < -0.39 is 20.7 Å². The van der Waals surface area contributed by atoms with Crippen LogP contribution in [0, 0.1) is 19.7 Å². The minimum atomic E-state index is -4.03. The van der Waals surface area contributed by atoms with Gasteiger partial charge in [-0.2, -0.15) is 5.10 Å². The zero-order valence-electron chi connectivity index (χ0n) is 11.1. The summed E-state index contributed by atoms with van der Waals surface area (Å²) in [7, 11) is -4.03. The number of nitrogens with two attached hydrogens (primary N) is 1. The van der Waals surface area contributed by atoms with E-state index >= 15 is 0 Å². The Morgan fingerprint density at radius 1 is 1.40 bits per heavy atom. The Hall–Kier alpha value is -1.93. The molecular formula is C12H15FN4O2S. The first-order valence-corrected chi connectivity index (χ1v) is 7.36. The van der Waals surface area contributed by atoms with Crippen molar-refractivity contribution in [1.29, 1.82) is 0 Å². The van der Waals surface area contributed by atoms with Crippen LogP contribution in [0.4, 0.5) is 10.1 Å². The van der Waals surface area contributed by atoms with E-state index in [9.17, 15) is 12.8 Å². The number of aryl methyl sites for hydroxylation is 2. The molecule has 6 nitrogen and oxygen atoms in total. The van der Waals surface area contributed by atoms with Crippen LogP contribution in [0.5, 0.6) is 0 Å². The normalized spacial score (nSPS) is 11.6. The maximum Gasteiger partial charge on any atom is 0.264 e. The lowest BCUT2D eigenvalue weighted by Gasteiger charge is -2.10. The number of hydrogen-bond donors (Lipinski definition) is 3. The lowest BCUT2D eigenvalue weighted by Crippen LogP contribution is -2.16. The fourth-order valence-corrected chi connectivity index (χ4v) is 3.08. The summed E-state index contributed by atoms with van der Waals surface area (Å²) in [5.41, 5.74) is 7.34. The van der Waals surface area contributed by atoms with Gasteiger partial charge in [-0.05, 0) is 31.5 Å². The lowest BCUT2D eigenvalue weighted by atomic mass is 10.2. The molecule has 2 aromatic rings. The molecule has 0 aliphatic heterocycles. The van der Waals surface area contributed by atoms with E-state index in [0.717, 1.165) is 6.07 Å². The molecule has 1 heterocycles. The number of aromatic nitrogens is 2. The third kappa shape index (κ3) is 2.66. The van der Waals surface area contributed by atoms with Crippen molar-refractivity contribution < 1.29 is 12.8 Å². The third-order valence-corrected chi connectivity index (χ3v) is 4.25. The number of halogens is 1. The van der Waals surface area contributed by atoms with Crippen molar-refractivity contribution >= 4 is 15.7 Å². The summed E-state index contributed by atoms with van der Waals surface area (Å²) in [6.45, 7) is 3.45. The Morgan fingerprint density at radius 3 is 2.65 bits per heavy atom. The smallest absolute Gasteiger partial charge is 0.264 e. The van der Waals surface area contributed by atoms with Crippen LogP contribution in [0.25, 0.3) is 0 Å². The summed E-state index contributed by atoms with van der Waals surface area (Å²) < 4.78 is 40.6. The van der Waals surface area contributed by atoms with Crippen LogP contribution in [-0.2, 0) is 16.6 Å². The zero-order valence-corrected chi connectivity index (χ0v) is 11.9. The van der Waals surface area contributed by atoms with Gasteiger partial charge in [-0.3, -0.25) is 9.82 Å². The first-order valence-electron chi connectivity index (χ1n) is 5.88. The van der Waals surface area contributed by atoms with E-state index in [1.54, 1.807) is 13.8 Å². The lowest BCUT2D eigenvalue weighted by molar-refractivity contribution is 0.569. The molecule has 0 unspecified atom stereocenters. The predicted octanol–water partition coefficient (Wildman–Crippen LogP) is 1.43. The van der Waals surface area contributed by atoms with E-state index in [-0.39, 0.29) is 6.54 Å². The average molecular weight is 298 g/mol. The Bertz CT molecular complexity index is 720. The van der Waals surface area contributed by atoms with Crippen molar-refractivity contribution in [3.05, 3.63) is 41.0 Å². The minimum absolute atomic E-state index is 0.132. The highest BCUT2D eigenvalue weighted by Crippen LogP contribution is 2.23. The molecular weight excluding hydrogens is 283 g/mol. The Balaban J connectivity index is 2.46. The zero-order chi connectivity index (χ0) is 14.9. The van der Waals surface area contributed by atoms with Gasteiger partial charge in [0.25, 0.3) is 10.0 Å². The molecule has 0 saturated carbocycles. The highest BCUT2D eigenvalue weighted by atomic mass is 32.2. The number of aromatic amines is 1. The molecule has 4 N–H and O–H groups in total. The van der Waals surface area contributed by atoms with Gasteiger partial charge in [0.1, 0.15) is 10.7 Å². The van der Waals surface area contributed by atoms with Gasteiger partial charge in [0.15, 0.2) is 0 Å². The van der Waals surface area contributed by atoms with Gasteiger partial charge in [-0.15, -0.1) is 0 Å². The van der Waals surface area contributed by atoms with Gasteiger partial charge < -0.3 is 5.73 Å². The van der Waals surface area contributed by atoms with Gasteiger partial charge in [-0.25, -0.2) is 12.8 Å². The topological polar surface area (TPSA) is 101 Å². The van der Waals surface area contributed by atoms with Gasteiger partial charge in [0.05, 0.1) is 17.1 Å². The van der Waals surface area contributed by atoms with Crippen LogP contribution < -0.4 is 10.5 Å². The number of anilines is 1. The summed E-state index contributed by atoms with van der Waals surface area (Å²) in [5.74, 6) is -0.825. The average Bonchev–Trinajstić information content (AvgIpc) is 2.70. The number of H-pyrrole nitrogens is 1. The SMILES string of the molecule is Cc1n[nH]c(C)c1NS(=O)(=O)c1cc(CN)ccc1F. The van der Waals surface area contributed by atoms with E-state index in [1.807, 2.05) is 0 Å². The van der Waals surface area contributed by atoms with Crippen LogP contribution in [-0.4, -0.2) is 18.6 Å². The first kappa shape index (κ1) is 14.5. The monoisotopic (exact) mass is 298 g/mol. The van der Waals surface area contributed by atoms with Gasteiger partial charge in [0.2, 0.25) is 0 Å². The number of hydrogen-bond acceptors (Lipinski definition) is 4. The van der Waals surface area contributed by atoms with Crippen molar-refractivity contribution in [2.24, 2.45) is 5.73 Å². The molecule has 0 spiro atoms. The van der Waals surface area contributed by atoms with Gasteiger partial charge in [-0.1, -0.05) is 6.07 Å². The highest BCUT2D eigenvalue weighted by molar-refractivity contribution is 7.92. The summed E-state index contributed by atoms with van der Waals surface area (Å²) in [6, 6.07) is 3.76. The molecule has 0 radical (unpaired) electrons. The molecule has 8 heteroatoms. The maximum absolute atomic E-state index is 13.7. The molecule has 1 aromatic carbocycles. The molecule has 0 bridgehead atoms.